The SMILES string of the molecule is CC/C=C\C/C=C\C/C=C\C/C=C\C/C=C\C/C=C\CCC(=O)OCC(COP(=O)(O)OCC(O)COP(=O)(O)OCC(COC(=O)CCCCCCC/C=C\C/C=C\CCCCC)OC(=O)CCCCCCCCCCCCCCCCC)OC(=O)CCCC/C=C\C/C=C\C/C=C\C/C=C\CC. The molecule has 0 aromatic rings. The standard InChI is InChI=1S/C85H142O17P2/c1-5-9-13-17-21-25-29-33-37-38-39-40-44-46-50-54-58-62-66-70-83(88)96-76-81(102-85(90)72-68-64-60-56-52-48-43-36-32-28-24-20-16-12-8-4)78-100-104(93,94)98-74-79(86)73-97-103(91,92)99-77-80(101-84(89)71-67-63-59-55-51-47-42-35-31-27-23-19-15-11-7-3)75-95-82(87)69-65-61-57-53-49-45-41-34-30-26-22-18-14-10-6-2/h9,12-13,16,21-22,24-26,28,33-34,36-37,39-41,43,46,50,52,56,58,62,79-81,86H,5-8,10-11,14-15,17-20,23,27,29-32,35,38,42,44-45,47-49,51,53-55,57,59-61,63-78H2,1-4H3,(H,91,92)(H,93,94)/b13-9-,16-12-,25-21-,26-22-,28-24-,37-33-,40-39-,41-34-,43-36-,50-46-,56-52-,62-58-. The third kappa shape index (κ3) is 75.2. The van der Waals surface area contributed by atoms with Crippen molar-refractivity contribution in [3.63, 3.8) is 0 Å². The molecule has 104 heavy (non-hydrogen) atoms. The number of rotatable bonds is 74. The van der Waals surface area contributed by atoms with E-state index in [9.17, 15) is 43.2 Å². The molecule has 0 heterocycles. The van der Waals surface area contributed by atoms with E-state index in [4.69, 9.17) is 37.0 Å². The van der Waals surface area contributed by atoms with Crippen LogP contribution in [0.25, 0.3) is 0 Å². The van der Waals surface area contributed by atoms with Crippen LogP contribution in [0.1, 0.15) is 310 Å². The van der Waals surface area contributed by atoms with Gasteiger partial charge in [0.2, 0.25) is 0 Å². The number of aliphatic hydroxyl groups is 1. The number of carbonyl (C=O) groups is 4. The normalized spacial score (nSPS) is 14.6. The van der Waals surface area contributed by atoms with E-state index in [1.54, 1.807) is 0 Å². The lowest BCUT2D eigenvalue weighted by atomic mass is 10.0. The van der Waals surface area contributed by atoms with E-state index in [0.29, 0.717) is 38.5 Å². The van der Waals surface area contributed by atoms with Crippen molar-refractivity contribution in [2.45, 2.75) is 329 Å². The lowest BCUT2D eigenvalue weighted by molar-refractivity contribution is -0.161. The van der Waals surface area contributed by atoms with Crippen LogP contribution >= 0.6 is 15.6 Å². The van der Waals surface area contributed by atoms with E-state index < -0.39 is 97.5 Å². The predicted molar refractivity (Wildman–Crippen MR) is 427 cm³/mol. The molecule has 0 saturated carbocycles. The van der Waals surface area contributed by atoms with E-state index >= 15 is 0 Å². The van der Waals surface area contributed by atoms with Crippen LogP contribution in [0.5, 0.6) is 0 Å². The molecule has 0 bridgehead atoms. The zero-order valence-corrected chi connectivity index (χ0v) is 66.7. The molecule has 0 aromatic heterocycles. The van der Waals surface area contributed by atoms with E-state index in [1.807, 2.05) is 18.2 Å². The summed E-state index contributed by atoms with van der Waals surface area (Å²) in [7, 11) is -10.00. The zero-order valence-electron chi connectivity index (χ0n) is 64.9. The van der Waals surface area contributed by atoms with Gasteiger partial charge in [0.25, 0.3) is 0 Å². The highest BCUT2D eigenvalue weighted by molar-refractivity contribution is 7.47. The molecular formula is C85H142O17P2. The molecular weight excluding hydrogens is 1350 g/mol. The number of phosphoric ester groups is 2. The third-order valence-corrected chi connectivity index (χ3v) is 18.2. The molecule has 0 amide bonds. The van der Waals surface area contributed by atoms with Gasteiger partial charge in [0.05, 0.1) is 26.4 Å². The second-order valence-corrected chi connectivity index (χ2v) is 29.2. The fourth-order valence-electron chi connectivity index (χ4n) is 10.3. The van der Waals surface area contributed by atoms with Gasteiger partial charge in [0.1, 0.15) is 19.3 Å². The van der Waals surface area contributed by atoms with Crippen molar-refractivity contribution < 1.29 is 80.2 Å². The first-order chi connectivity index (χ1) is 50.7. The molecule has 3 N–H and O–H groups in total. The zero-order chi connectivity index (χ0) is 76.0. The highest BCUT2D eigenvalue weighted by Gasteiger charge is 2.30. The maximum atomic E-state index is 13.1. The quantitative estimate of drug-likeness (QED) is 0.0169. The number of aliphatic hydroxyl groups excluding tert-OH is 1. The topological polar surface area (TPSA) is 237 Å². The number of hydrogen-bond acceptors (Lipinski definition) is 15. The van der Waals surface area contributed by atoms with Gasteiger partial charge in [-0.25, -0.2) is 9.13 Å². The molecule has 0 aliphatic carbocycles. The van der Waals surface area contributed by atoms with Crippen LogP contribution in [0, 0.1) is 0 Å². The number of hydrogen-bond donors (Lipinski definition) is 3. The number of esters is 4. The molecule has 0 aromatic carbocycles. The summed E-state index contributed by atoms with van der Waals surface area (Å²) in [5.74, 6) is -2.33. The average molecular weight is 1500 g/mol. The maximum absolute atomic E-state index is 13.1. The van der Waals surface area contributed by atoms with Crippen molar-refractivity contribution in [3.8, 4) is 0 Å². The molecule has 17 nitrogen and oxygen atoms in total. The Morgan fingerprint density at radius 3 is 0.865 bits per heavy atom. The Morgan fingerprint density at radius 1 is 0.279 bits per heavy atom. The van der Waals surface area contributed by atoms with Crippen molar-refractivity contribution in [2.75, 3.05) is 39.6 Å². The third-order valence-electron chi connectivity index (χ3n) is 16.3. The molecule has 594 valence electrons. The molecule has 0 aliphatic heterocycles. The van der Waals surface area contributed by atoms with Crippen molar-refractivity contribution >= 4 is 39.5 Å². The number of ether oxygens (including phenoxy) is 4. The summed E-state index contributed by atoms with van der Waals surface area (Å²) in [6.45, 7) is 4.48. The van der Waals surface area contributed by atoms with Crippen molar-refractivity contribution in [1.29, 1.82) is 0 Å². The van der Waals surface area contributed by atoms with E-state index in [0.717, 1.165) is 135 Å². The summed E-state index contributed by atoms with van der Waals surface area (Å²) >= 11 is 0. The van der Waals surface area contributed by atoms with Gasteiger partial charge in [-0.2, -0.15) is 0 Å². The minimum Gasteiger partial charge on any atom is -0.462 e. The fraction of sp³-hybridized carbons (Fsp3) is 0.671. The Bertz CT molecular complexity index is 2540. The van der Waals surface area contributed by atoms with Crippen LogP contribution in [0.4, 0.5) is 0 Å². The minimum absolute atomic E-state index is 0.0224. The summed E-state index contributed by atoms with van der Waals surface area (Å²) in [5, 5.41) is 10.6. The van der Waals surface area contributed by atoms with Crippen LogP contribution in [0.15, 0.2) is 146 Å². The summed E-state index contributed by atoms with van der Waals surface area (Å²) in [5.41, 5.74) is 0. The van der Waals surface area contributed by atoms with Gasteiger partial charge in [-0.15, -0.1) is 0 Å². The first-order valence-electron chi connectivity index (χ1n) is 40.1. The van der Waals surface area contributed by atoms with E-state index in [2.05, 4.69) is 155 Å². The Morgan fingerprint density at radius 2 is 0.519 bits per heavy atom. The molecule has 0 saturated heterocycles. The lowest BCUT2D eigenvalue weighted by Gasteiger charge is -2.21. The molecule has 5 unspecified atom stereocenters. The van der Waals surface area contributed by atoms with E-state index in [-0.39, 0.29) is 25.7 Å². The van der Waals surface area contributed by atoms with Gasteiger partial charge in [0, 0.05) is 25.7 Å². The number of phosphoric acid groups is 2. The number of unbranched alkanes of at least 4 members (excludes halogenated alkanes) is 24. The summed E-state index contributed by atoms with van der Waals surface area (Å²) in [6.07, 6.45) is 87.0. The van der Waals surface area contributed by atoms with Crippen molar-refractivity contribution in [1.82, 2.24) is 0 Å². The van der Waals surface area contributed by atoms with Gasteiger partial charge in [-0.1, -0.05) is 296 Å². The molecule has 0 aliphatic rings. The van der Waals surface area contributed by atoms with Crippen LogP contribution in [-0.4, -0.2) is 96.7 Å². The van der Waals surface area contributed by atoms with Gasteiger partial charge in [-0.3, -0.25) is 37.3 Å². The van der Waals surface area contributed by atoms with E-state index in [1.165, 1.54) is 83.5 Å². The molecule has 19 heteroatoms. The second-order valence-electron chi connectivity index (χ2n) is 26.2. The maximum Gasteiger partial charge on any atom is 0.472 e. The second kappa shape index (κ2) is 76.1. The van der Waals surface area contributed by atoms with Crippen LogP contribution < -0.4 is 0 Å². The van der Waals surface area contributed by atoms with Crippen LogP contribution in [-0.2, 0) is 65.4 Å². The Balaban J connectivity index is 5.47. The monoisotopic (exact) mass is 1500 g/mol. The molecule has 0 rings (SSSR count). The molecule has 5 atom stereocenters. The van der Waals surface area contributed by atoms with Gasteiger partial charge < -0.3 is 33.8 Å². The first-order valence-corrected chi connectivity index (χ1v) is 43.1. The average Bonchev–Trinajstić information content (AvgIpc) is 0.918. The smallest absolute Gasteiger partial charge is 0.462 e. The van der Waals surface area contributed by atoms with Gasteiger partial charge in [-0.05, 0) is 135 Å². The Labute approximate surface area is 630 Å². The molecule has 0 fully saturated rings. The number of carbonyl (C=O) groups excluding carboxylic acids is 4. The van der Waals surface area contributed by atoms with Crippen LogP contribution in [0.3, 0.4) is 0 Å². The summed E-state index contributed by atoms with van der Waals surface area (Å²) < 4.78 is 68.5. The number of allylic oxidation sites excluding steroid dienone is 24. The minimum atomic E-state index is -5.01. The first kappa shape index (κ1) is 98.9. The van der Waals surface area contributed by atoms with Crippen LogP contribution in [0.2, 0.25) is 0 Å². The highest BCUT2D eigenvalue weighted by atomic mass is 31.2. The van der Waals surface area contributed by atoms with Crippen molar-refractivity contribution in [3.05, 3.63) is 146 Å². The van der Waals surface area contributed by atoms with Gasteiger partial charge in [0.15, 0.2) is 12.2 Å². The van der Waals surface area contributed by atoms with Gasteiger partial charge >= 0.3 is 39.5 Å². The summed E-state index contributed by atoms with van der Waals surface area (Å²) in [4.78, 5) is 73.0. The summed E-state index contributed by atoms with van der Waals surface area (Å²) in [6, 6.07) is 0. The highest BCUT2D eigenvalue weighted by Crippen LogP contribution is 2.45. The lowest BCUT2D eigenvalue weighted by Crippen LogP contribution is -2.30. The largest absolute Gasteiger partial charge is 0.472 e. The predicted octanol–water partition coefficient (Wildman–Crippen LogP) is 23.4. The fourth-order valence-corrected chi connectivity index (χ4v) is 11.8. The Kier molecular flexibility index (Phi) is 72.4. The van der Waals surface area contributed by atoms with Crippen molar-refractivity contribution in [2.24, 2.45) is 0 Å². The molecule has 0 spiro atoms. The Hall–Kier alpha value is -5.06. The molecule has 0 radical (unpaired) electrons.